The van der Waals surface area contributed by atoms with Gasteiger partial charge < -0.3 is 5.32 Å². The molecule has 1 spiro atoms. The fraction of sp³-hybridized carbons (Fsp3) is 0.875. The molecule has 1 N–H and O–H groups in total. The Kier molecular flexibility index (Phi) is 6.08. The van der Waals surface area contributed by atoms with Gasteiger partial charge in [0, 0.05) is 11.9 Å². The normalized spacial score (nSPS) is 23.8. The van der Waals surface area contributed by atoms with Crippen LogP contribution in [0, 0.1) is 5.92 Å². The minimum absolute atomic E-state index is 0.0282. The smallest absolute Gasteiger partial charge is 0.323 e. The zero-order valence-corrected chi connectivity index (χ0v) is 14.6. The topological polar surface area (TPSA) is 49.4 Å². The van der Waals surface area contributed by atoms with Crippen molar-refractivity contribution in [2.75, 3.05) is 11.9 Å². The third kappa shape index (κ3) is 3.99. The van der Waals surface area contributed by atoms with Crippen LogP contribution in [0.5, 0.6) is 0 Å². The van der Waals surface area contributed by atoms with Crippen molar-refractivity contribution in [3.8, 4) is 0 Å². The maximum Gasteiger partial charge on any atom is 0.325 e. The van der Waals surface area contributed by atoms with Crippen molar-refractivity contribution in [3.63, 3.8) is 0 Å². The molecule has 1 heterocycles. The van der Waals surface area contributed by atoms with Crippen LogP contribution in [0.2, 0.25) is 0 Å². The molecule has 2 rings (SSSR count). The maximum atomic E-state index is 12.8. The molecule has 0 aromatic carbocycles. The standard InChI is InChI=1S/C16H27BrN2O2/c1-13(7-11-17)8-12-19-14(20)16(18-15(19)21)9-5-3-2-4-6-10-16/h13H,2-12H2,1H3,(H,18,21). The number of urea groups is 1. The number of amides is 3. The van der Waals surface area contributed by atoms with Gasteiger partial charge >= 0.3 is 6.03 Å². The first-order valence-corrected chi connectivity index (χ1v) is 9.41. The molecule has 1 saturated heterocycles. The zero-order valence-electron chi connectivity index (χ0n) is 13.0. The quantitative estimate of drug-likeness (QED) is 0.599. The molecule has 4 nitrogen and oxygen atoms in total. The zero-order chi connectivity index (χ0) is 15.3. The molecular formula is C16H27BrN2O2. The highest BCUT2D eigenvalue weighted by atomic mass is 79.9. The Morgan fingerprint density at radius 1 is 1.14 bits per heavy atom. The number of nitrogens with one attached hydrogen (secondary N) is 1. The fourth-order valence-corrected chi connectivity index (χ4v) is 4.19. The molecule has 0 aromatic heterocycles. The average molecular weight is 359 g/mol. The van der Waals surface area contributed by atoms with Gasteiger partial charge in [-0.1, -0.05) is 55.0 Å². The Labute approximate surface area is 136 Å². The maximum absolute atomic E-state index is 12.8. The van der Waals surface area contributed by atoms with Gasteiger partial charge in [0.2, 0.25) is 0 Å². The van der Waals surface area contributed by atoms with Gasteiger partial charge in [-0.3, -0.25) is 9.69 Å². The van der Waals surface area contributed by atoms with E-state index in [2.05, 4.69) is 28.2 Å². The van der Waals surface area contributed by atoms with E-state index >= 15 is 0 Å². The lowest BCUT2D eigenvalue weighted by Gasteiger charge is -2.28. The van der Waals surface area contributed by atoms with E-state index in [0.717, 1.165) is 43.9 Å². The lowest BCUT2D eigenvalue weighted by Crippen LogP contribution is -2.47. The summed E-state index contributed by atoms with van der Waals surface area (Å²) in [6.45, 7) is 2.73. The van der Waals surface area contributed by atoms with Crippen LogP contribution in [0.3, 0.4) is 0 Å². The van der Waals surface area contributed by atoms with Crippen LogP contribution in [0.1, 0.15) is 64.7 Å². The van der Waals surface area contributed by atoms with Crippen LogP contribution in [-0.4, -0.2) is 34.3 Å². The Morgan fingerprint density at radius 3 is 2.38 bits per heavy atom. The van der Waals surface area contributed by atoms with E-state index in [0.29, 0.717) is 12.5 Å². The molecular weight excluding hydrogens is 332 g/mol. The number of rotatable bonds is 5. The second-order valence-electron chi connectivity index (χ2n) is 6.61. The monoisotopic (exact) mass is 358 g/mol. The summed E-state index contributed by atoms with van der Waals surface area (Å²) in [6, 6.07) is -0.174. The van der Waals surface area contributed by atoms with Crippen LogP contribution in [0.4, 0.5) is 4.79 Å². The molecule has 0 aromatic rings. The minimum Gasteiger partial charge on any atom is -0.323 e. The second kappa shape index (κ2) is 7.61. The first-order valence-electron chi connectivity index (χ1n) is 8.29. The van der Waals surface area contributed by atoms with Gasteiger partial charge in [-0.05, 0) is 31.6 Å². The number of hydrogen-bond donors (Lipinski definition) is 1. The molecule has 5 heteroatoms. The van der Waals surface area contributed by atoms with Crippen molar-refractivity contribution in [2.24, 2.45) is 5.92 Å². The summed E-state index contributed by atoms with van der Waals surface area (Å²) in [7, 11) is 0. The molecule has 120 valence electrons. The van der Waals surface area contributed by atoms with Gasteiger partial charge in [-0.2, -0.15) is 0 Å². The van der Waals surface area contributed by atoms with E-state index < -0.39 is 5.54 Å². The number of hydrogen-bond acceptors (Lipinski definition) is 2. The summed E-state index contributed by atoms with van der Waals surface area (Å²) in [5.41, 5.74) is -0.587. The number of halogens is 1. The van der Waals surface area contributed by atoms with Gasteiger partial charge in [-0.25, -0.2) is 4.79 Å². The van der Waals surface area contributed by atoms with Crippen molar-refractivity contribution in [2.45, 2.75) is 70.3 Å². The van der Waals surface area contributed by atoms with E-state index in [-0.39, 0.29) is 11.9 Å². The number of carbonyl (C=O) groups is 2. The molecule has 2 aliphatic rings. The lowest BCUT2D eigenvalue weighted by atomic mass is 9.84. The Bertz CT molecular complexity index is 378. The van der Waals surface area contributed by atoms with Crippen molar-refractivity contribution in [3.05, 3.63) is 0 Å². The van der Waals surface area contributed by atoms with Gasteiger partial charge in [0.15, 0.2) is 0 Å². The van der Waals surface area contributed by atoms with Crippen molar-refractivity contribution in [1.29, 1.82) is 0 Å². The minimum atomic E-state index is -0.587. The summed E-state index contributed by atoms with van der Waals surface area (Å²) >= 11 is 3.44. The lowest BCUT2D eigenvalue weighted by molar-refractivity contribution is -0.132. The van der Waals surface area contributed by atoms with Crippen LogP contribution < -0.4 is 5.32 Å². The van der Waals surface area contributed by atoms with Crippen molar-refractivity contribution in [1.82, 2.24) is 10.2 Å². The van der Waals surface area contributed by atoms with E-state index in [1.54, 1.807) is 0 Å². The number of nitrogens with zero attached hydrogens (tertiary/aromatic N) is 1. The predicted octanol–water partition coefficient (Wildman–Crippen LogP) is 3.83. The average Bonchev–Trinajstić information content (AvgIpc) is 2.65. The highest BCUT2D eigenvalue weighted by Gasteiger charge is 2.50. The molecule has 21 heavy (non-hydrogen) atoms. The third-order valence-electron chi connectivity index (χ3n) is 4.90. The highest BCUT2D eigenvalue weighted by molar-refractivity contribution is 9.09. The molecule has 1 atom stereocenters. The van der Waals surface area contributed by atoms with Crippen molar-refractivity contribution >= 4 is 27.9 Å². The first-order chi connectivity index (χ1) is 10.1. The van der Waals surface area contributed by atoms with Gasteiger partial charge in [-0.15, -0.1) is 0 Å². The Balaban J connectivity index is 1.97. The van der Waals surface area contributed by atoms with E-state index in [1.165, 1.54) is 24.2 Å². The molecule has 0 radical (unpaired) electrons. The molecule has 1 aliphatic carbocycles. The van der Waals surface area contributed by atoms with Gasteiger partial charge in [0.05, 0.1) is 0 Å². The molecule has 1 saturated carbocycles. The number of alkyl halides is 1. The summed E-state index contributed by atoms with van der Waals surface area (Å²) in [4.78, 5) is 26.4. The van der Waals surface area contributed by atoms with Crippen LogP contribution >= 0.6 is 15.9 Å². The SMILES string of the molecule is CC(CCBr)CCN1C(=O)NC2(CCCCCCC2)C1=O. The van der Waals surface area contributed by atoms with Crippen LogP contribution in [0.25, 0.3) is 0 Å². The Morgan fingerprint density at radius 2 is 1.76 bits per heavy atom. The van der Waals surface area contributed by atoms with E-state index in [4.69, 9.17) is 0 Å². The third-order valence-corrected chi connectivity index (χ3v) is 5.36. The first kappa shape index (κ1) is 16.8. The number of imide groups is 1. The fourth-order valence-electron chi connectivity index (χ4n) is 3.41. The molecule has 2 fully saturated rings. The molecule has 1 aliphatic heterocycles. The summed E-state index contributed by atoms with van der Waals surface area (Å²) in [6.07, 6.45) is 9.28. The van der Waals surface area contributed by atoms with E-state index in [1.807, 2.05) is 0 Å². The van der Waals surface area contributed by atoms with Crippen molar-refractivity contribution < 1.29 is 9.59 Å². The second-order valence-corrected chi connectivity index (χ2v) is 7.40. The molecule has 1 unspecified atom stereocenters. The predicted molar refractivity (Wildman–Crippen MR) is 87.5 cm³/mol. The largest absolute Gasteiger partial charge is 0.325 e. The summed E-state index contributed by atoms with van der Waals surface area (Å²) in [5.74, 6) is 0.555. The Hall–Kier alpha value is -0.580. The van der Waals surface area contributed by atoms with Gasteiger partial charge in [0.25, 0.3) is 5.91 Å². The van der Waals surface area contributed by atoms with Crippen LogP contribution in [0.15, 0.2) is 0 Å². The number of carbonyl (C=O) groups excluding carboxylic acids is 2. The molecule has 0 bridgehead atoms. The molecule has 3 amide bonds. The summed E-state index contributed by atoms with van der Waals surface area (Å²) < 4.78 is 0. The van der Waals surface area contributed by atoms with Gasteiger partial charge in [0.1, 0.15) is 5.54 Å². The highest BCUT2D eigenvalue weighted by Crippen LogP contribution is 2.32. The summed E-state index contributed by atoms with van der Waals surface area (Å²) in [5, 5.41) is 3.99. The van der Waals surface area contributed by atoms with Crippen LogP contribution in [-0.2, 0) is 4.79 Å². The van der Waals surface area contributed by atoms with E-state index in [9.17, 15) is 9.59 Å².